The lowest BCUT2D eigenvalue weighted by Gasteiger charge is -2.12. The SMILES string of the molecule is CC(Nc1ncc2c(-c3ccn4nccc4n3)c[nH]c2n1)C1CC1. The van der Waals surface area contributed by atoms with E-state index in [-0.39, 0.29) is 0 Å². The third-order valence-corrected chi connectivity index (χ3v) is 4.65. The fourth-order valence-electron chi connectivity index (χ4n) is 3.07. The highest BCUT2D eigenvalue weighted by atomic mass is 15.2. The molecule has 1 aliphatic rings. The van der Waals surface area contributed by atoms with Crippen molar-refractivity contribution in [2.45, 2.75) is 25.8 Å². The molecule has 0 saturated heterocycles. The van der Waals surface area contributed by atoms with Crippen LogP contribution in [0.4, 0.5) is 5.95 Å². The van der Waals surface area contributed by atoms with Gasteiger partial charge in [-0.05, 0) is 31.7 Å². The van der Waals surface area contributed by atoms with Gasteiger partial charge in [-0.2, -0.15) is 10.1 Å². The second-order valence-corrected chi connectivity index (χ2v) is 6.38. The molecular formula is C17H17N7. The summed E-state index contributed by atoms with van der Waals surface area (Å²) in [5.74, 6) is 1.43. The van der Waals surface area contributed by atoms with Crippen LogP contribution in [-0.4, -0.2) is 35.6 Å². The van der Waals surface area contributed by atoms with Crippen molar-refractivity contribution in [2.24, 2.45) is 5.92 Å². The van der Waals surface area contributed by atoms with Crippen molar-refractivity contribution >= 4 is 22.6 Å². The van der Waals surface area contributed by atoms with E-state index in [0.29, 0.717) is 12.0 Å². The molecule has 0 aliphatic heterocycles. The molecule has 4 heterocycles. The van der Waals surface area contributed by atoms with Gasteiger partial charge < -0.3 is 10.3 Å². The van der Waals surface area contributed by atoms with Gasteiger partial charge in [-0.25, -0.2) is 14.5 Å². The summed E-state index contributed by atoms with van der Waals surface area (Å²) in [5.41, 5.74) is 3.51. The van der Waals surface area contributed by atoms with E-state index in [2.05, 4.69) is 37.3 Å². The van der Waals surface area contributed by atoms with Gasteiger partial charge in [0, 0.05) is 41.6 Å². The summed E-state index contributed by atoms with van der Waals surface area (Å²) in [6.07, 6.45) is 10.0. The van der Waals surface area contributed by atoms with Crippen molar-refractivity contribution in [3.05, 3.63) is 36.9 Å². The molecule has 5 rings (SSSR count). The number of H-pyrrole nitrogens is 1. The standard InChI is InChI=1S/C17H17N7/c1-10(11-2-3-11)21-17-19-9-13-12(8-18-16(13)23-17)14-5-7-24-15(22-14)4-6-20-24/h4-11H,2-3H2,1H3,(H2,18,19,21,23). The molecule has 2 N–H and O–H groups in total. The molecule has 4 aromatic rings. The lowest BCUT2D eigenvalue weighted by molar-refractivity contribution is 0.687. The van der Waals surface area contributed by atoms with Crippen LogP contribution in [0.3, 0.4) is 0 Å². The number of rotatable bonds is 4. The van der Waals surface area contributed by atoms with Crippen molar-refractivity contribution in [1.82, 2.24) is 29.5 Å². The van der Waals surface area contributed by atoms with Gasteiger partial charge in [-0.15, -0.1) is 0 Å². The van der Waals surface area contributed by atoms with E-state index in [0.717, 1.165) is 33.9 Å². The first-order chi connectivity index (χ1) is 11.8. The van der Waals surface area contributed by atoms with Crippen LogP contribution in [0.25, 0.3) is 27.9 Å². The highest BCUT2D eigenvalue weighted by Gasteiger charge is 2.28. The highest BCUT2D eigenvalue weighted by molar-refractivity contribution is 5.92. The maximum absolute atomic E-state index is 4.64. The predicted molar refractivity (Wildman–Crippen MR) is 91.7 cm³/mol. The summed E-state index contributed by atoms with van der Waals surface area (Å²) < 4.78 is 1.75. The van der Waals surface area contributed by atoms with Gasteiger partial charge in [0.25, 0.3) is 0 Å². The first kappa shape index (κ1) is 13.5. The minimum Gasteiger partial charge on any atom is -0.351 e. The van der Waals surface area contributed by atoms with Crippen LogP contribution >= 0.6 is 0 Å². The molecule has 7 nitrogen and oxygen atoms in total. The number of anilines is 1. The Balaban J connectivity index is 1.52. The number of aromatic amines is 1. The minimum atomic E-state index is 0.419. The number of hydrogen-bond acceptors (Lipinski definition) is 5. The Morgan fingerprint density at radius 1 is 1.29 bits per heavy atom. The van der Waals surface area contributed by atoms with Gasteiger partial charge in [-0.1, -0.05) is 0 Å². The molecule has 7 heteroatoms. The molecule has 120 valence electrons. The van der Waals surface area contributed by atoms with E-state index in [1.807, 2.05) is 30.7 Å². The van der Waals surface area contributed by atoms with Crippen LogP contribution < -0.4 is 5.32 Å². The average Bonchev–Trinajstić information content (AvgIpc) is 3.20. The number of nitrogens with one attached hydrogen (secondary N) is 2. The maximum atomic E-state index is 4.64. The summed E-state index contributed by atoms with van der Waals surface area (Å²) in [7, 11) is 0. The first-order valence-electron chi connectivity index (χ1n) is 8.19. The second kappa shape index (κ2) is 5.02. The fourth-order valence-corrected chi connectivity index (χ4v) is 3.07. The molecule has 0 bridgehead atoms. The summed E-state index contributed by atoms with van der Waals surface area (Å²) in [6.45, 7) is 2.19. The number of nitrogens with zero attached hydrogens (tertiary/aromatic N) is 5. The minimum absolute atomic E-state index is 0.419. The van der Waals surface area contributed by atoms with Gasteiger partial charge in [0.05, 0.1) is 11.9 Å². The molecule has 1 atom stereocenters. The third-order valence-electron chi connectivity index (χ3n) is 4.65. The predicted octanol–water partition coefficient (Wildman–Crippen LogP) is 2.88. The van der Waals surface area contributed by atoms with Crippen molar-refractivity contribution in [3.63, 3.8) is 0 Å². The molecule has 0 radical (unpaired) electrons. The molecular weight excluding hydrogens is 302 g/mol. The Labute approximate surface area is 138 Å². The molecule has 24 heavy (non-hydrogen) atoms. The average molecular weight is 319 g/mol. The molecule has 0 spiro atoms. The largest absolute Gasteiger partial charge is 0.351 e. The Hall–Kier alpha value is -2.96. The van der Waals surface area contributed by atoms with Gasteiger partial charge in [0.15, 0.2) is 5.65 Å². The maximum Gasteiger partial charge on any atom is 0.224 e. The normalized spacial score (nSPS) is 15.9. The summed E-state index contributed by atoms with van der Waals surface area (Å²) in [4.78, 5) is 17.0. The van der Waals surface area contributed by atoms with Gasteiger partial charge in [0.1, 0.15) is 5.65 Å². The molecule has 1 unspecified atom stereocenters. The van der Waals surface area contributed by atoms with Crippen LogP contribution in [0, 0.1) is 5.92 Å². The lowest BCUT2D eigenvalue weighted by Crippen LogP contribution is -2.18. The van der Waals surface area contributed by atoms with Gasteiger partial charge in [0.2, 0.25) is 5.95 Å². The van der Waals surface area contributed by atoms with Crippen LogP contribution in [0.2, 0.25) is 0 Å². The smallest absolute Gasteiger partial charge is 0.224 e. The Bertz CT molecular complexity index is 1030. The van der Waals surface area contributed by atoms with E-state index in [1.54, 1.807) is 10.7 Å². The lowest BCUT2D eigenvalue weighted by atomic mass is 10.2. The summed E-state index contributed by atoms with van der Waals surface area (Å²) in [6, 6.07) is 4.25. The molecule has 4 aromatic heterocycles. The topological polar surface area (TPSA) is 83.8 Å². The van der Waals surface area contributed by atoms with Gasteiger partial charge >= 0.3 is 0 Å². The van der Waals surface area contributed by atoms with E-state index >= 15 is 0 Å². The van der Waals surface area contributed by atoms with Crippen molar-refractivity contribution in [3.8, 4) is 11.3 Å². The zero-order valence-corrected chi connectivity index (χ0v) is 13.3. The van der Waals surface area contributed by atoms with Gasteiger partial charge in [-0.3, -0.25) is 0 Å². The van der Waals surface area contributed by atoms with Crippen molar-refractivity contribution in [1.29, 1.82) is 0 Å². The van der Waals surface area contributed by atoms with E-state index in [9.17, 15) is 0 Å². The summed E-state index contributed by atoms with van der Waals surface area (Å²) >= 11 is 0. The highest BCUT2D eigenvalue weighted by Crippen LogP contribution is 2.34. The van der Waals surface area contributed by atoms with Crippen LogP contribution in [-0.2, 0) is 0 Å². The van der Waals surface area contributed by atoms with Crippen LogP contribution in [0.5, 0.6) is 0 Å². The van der Waals surface area contributed by atoms with E-state index in [4.69, 9.17) is 0 Å². The molecule has 1 saturated carbocycles. The zero-order valence-electron chi connectivity index (χ0n) is 13.3. The molecule has 1 fully saturated rings. The summed E-state index contributed by atoms with van der Waals surface area (Å²) in [5, 5.41) is 8.54. The third kappa shape index (κ3) is 2.20. The Morgan fingerprint density at radius 3 is 3.08 bits per heavy atom. The zero-order chi connectivity index (χ0) is 16.1. The number of fused-ring (bicyclic) bond motifs is 2. The van der Waals surface area contributed by atoms with E-state index in [1.165, 1.54) is 12.8 Å². The van der Waals surface area contributed by atoms with Crippen molar-refractivity contribution in [2.75, 3.05) is 5.32 Å². The number of aromatic nitrogens is 6. The molecule has 0 amide bonds. The Morgan fingerprint density at radius 2 is 2.21 bits per heavy atom. The van der Waals surface area contributed by atoms with Crippen LogP contribution in [0.1, 0.15) is 19.8 Å². The first-order valence-corrected chi connectivity index (χ1v) is 8.19. The Kier molecular flexibility index (Phi) is 2.82. The fraction of sp³-hybridized carbons (Fsp3) is 0.294. The molecule has 0 aromatic carbocycles. The van der Waals surface area contributed by atoms with Crippen molar-refractivity contribution < 1.29 is 0 Å². The molecule has 1 aliphatic carbocycles. The quantitative estimate of drug-likeness (QED) is 0.604. The van der Waals surface area contributed by atoms with E-state index < -0.39 is 0 Å². The monoisotopic (exact) mass is 319 g/mol. The van der Waals surface area contributed by atoms with Crippen LogP contribution in [0.15, 0.2) is 36.9 Å². The number of hydrogen-bond donors (Lipinski definition) is 2. The second-order valence-electron chi connectivity index (χ2n) is 6.38.